The number of halogens is 1. The molecule has 4 nitrogen and oxygen atoms in total. The molecule has 0 saturated heterocycles. The number of carbonyl (C=O) groups excluding carboxylic acids is 1. The number of hydrogen-bond donors (Lipinski definition) is 2. The van der Waals surface area contributed by atoms with Crippen LogP contribution in [0.1, 0.15) is 61.4 Å². The summed E-state index contributed by atoms with van der Waals surface area (Å²) in [6.45, 7) is 0.662. The van der Waals surface area contributed by atoms with Crippen LogP contribution in [-0.4, -0.2) is 28.0 Å². The Labute approximate surface area is 193 Å². The zero-order valence-corrected chi connectivity index (χ0v) is 18.8. The molecule has 1 aromatic heterocycles. The minimum absolute atomic E-state index is 0.0279. The number of H-pyrrole nitrogens is 1. The van der Waals surface area contributed by atoms with Crippen LogP contribution in [0.3, 0.4) is 0 Å². The fraction of sp³-hybridized carbons (Fsp3) is 0.464. The van der Waals surface area contributed by atoms with Crippen molar-refractivity contribution in [3.8, 4) is 0 Å². The van der Waals surface area contributed by atoms with Gasteiger partial charge in [0.2, 0.25) is 0 Å². The van der Waals surface area contributed by atoms with E-state index in [9.17, 15) is 9.18 Å². The van der Waals surface area contributed by atoms with E-state index >= 15 is 0 Å². The fourth-order valence-electron chi connectivity index (χ4n) is 8.01. The van der Waals surface area contributed by atoms with Gasteiger partial charge in [-0.25, -0.2) is 9.18 Å². The molecule has 0 unspecified atom stereocenters. The van der Waals surface area contributed by atoms with E-state index in [0.29, 0.717) is 6.54 Å². The molecule has 2 aromatic carbocycles. The second kappa shape index (κ2) is 7.09. The van der Waals surface area contributed by atoms with E-state index < -0.39 is 0 Å². The first-order valence-corrected chi connectivity index (χ1v) is 12.5. The van der Waals surface area contributed by atoms with E-state index in [2.05, 4.69) is 28.5 Å². The summed E-state index contributed by atoms with van der Waals surface area (Å²) in [5.74, 6) is 2.10. The van der Waals surface area contributed by atoms with Crippen LogP contribution in [0, 0.1) is 23.6 Å². The molecule has 8 rings (SSSR count). The lowest BCUT2D eigenvalue weighted by atomic mass is 9.53. The van der Waals surface area contributed by atoms with Gasteiger partial charge in [0.05, 0.1) is 6.04 Å². The summed E-state index contributed by atoms with van der Waals surface area (Å²) in [4.78, 5) is 19.5. The highest BCUT2D eigenvalue weighted by molar-refractivity contribution is 5.86. The van der Waals surface area contributed by atoms with Gasteiger partial charge in [0.15, 0.2) is 0 Å². The molecular formula is C28H30FN3O. The summed E-state index contributed by atoms with van der Waals surface area (Å²) in [5.41, 5.74) is 4.36. The largest absolute Gasteiger partial charge is 0.356 e. The van der Waals surface area contributed by atoms with Crippen LogP contribution in [0.15, 0.2) is 48.5 Å². The summed E-state index contributed by atoms with van der Waals surface area (Å²) < 4.78 is 13.8. The molecule has 4 aliphatic carbocycles. The van der Waals surface area contributed by atoms with Gasteiger partial charge in [0.25, 0.3) is 0 Å². The minimum Gasteiger partial charge on any atom is -0.356 e. The molecule has 0 radical (unpaired) electrons. The van der Waals surface area contributed by atoms with Crippen molar-refractivity contribution in [3.05, 3.63) is 71.2 Å². The Morgan fingerprint density at radius 3 is 2.33 bits per heavy atom. The number of fused-ring (bicyclic) bond motifs is 3. The first-order chi connectivity index (χ1) is 16.1. The van der Waals surface area contributed by atoms with Crippen molar-refractivity contribution in [2.45, 2.75) is 56.5 Å². The van der Waals surface area contributed by atoms with Crippen molar-refractivity contribution in [3.63, 3.8) is 0 Å². The van der Waals surface area contributed by atoms with E-state index in [1.165, 1.54) is 42.3 Å². The Hall–Kier alpha value is -2.82. The molecule has 4 bridgehead atoms. The Morgan fingerprint density at radius 2 is 1.64 bits per heavy atom. The molecule has 1 atom stereocenters. The second-order valence-electron chi connectivity index (χ2n) is 11.1. The standard InChI is InChI=1S/C28H30FN3O/c29-21-7-5-20(6-8-21)26-25-23(22-3-1-2-4-24(22)30-25)9-10-32(26)27(33)31-28-14-17-11-18(15-28)13-19(12-17)16-28/h1-8,17-19,26,30H,9-16H2,(H,31,33)/t17?,18?,19?,26-,28?/m1/s1. The Kier molecular flexibility index (Phi) is 4.22. The highest BCUT2D eigenvalue weighted by atomic mass is 19.1. The van der Waals surface area contributed by atoms with Gasteiger partial charge in [-0.05, 0) is 92.0 Å². The van der Waals surface area contributed by atoms with Gasteiger partial charge in [0.1, 0.15) is 5.82 Å². The SMILES string of the molecule is O=C(NC12CC3CC(CC(C3)C1)C2)N1CCc2c([nH]c3ccccc23)[C@H]1c1ccc(F)cc1. The average Bonchev–Trinajstić information content (AvgIpc) is 3.16. The third-order valence-corrected chi connectivity index (χ3v) is 8.89. The molecule has 2 heterocycles. The van der Waals surface area contributed by atoms with E-state index in [1.807, 2.05) is 23.1 Å². The van der Waals surface area contributed by atoms with Crippen molar-refractivity contribution in [2.75, 3.05) is 6.54 Å². The van der Waals surface area contributed by atoms with Gasteiger partial charge in [-0.2, -0.15) is 0 Å². The second-order valence-corrected chi connectivity index (χ2v) is 11.1. The van der Waals surface area contributed by atoms with Crippen molar-refractivity contribution < 1.29 is 9.18 Å². The first kappa shape index (κ1) is 19.6. The summed E-state index contributed by atoms with van der Waals surface area (Å²) in [6.07, 6.45) is 8.30. The Morgan fingerprint density at radius 1 is 0.970 bits per heavy atom. The van der Waals surface area contributed by atoms with Crippen LogP contribution in [0.25, 0.3) is 10.9 Å². The van der Waals surface area contributed by atoms with Crippen LogP contribution in [0.4, 0.5) is 9.18 Å². The van der Waals surface area contributed by atoms with Crippen LogP contribution in [-0.2, 0) is 6.42 Å². The Bertz CT molecular complexity index is 1190. The molecule has 2 amide bonds. The van der Waals surface area contributed by atoms with Crippen molar-refractivity contribution in [1.29, 1.82) is 0 Å². The highest BCUT2D eigenvalue weighted by Gasteiger charge is 2.52. The zero-order valence-electron chi connectivity index (χ0n) is 18.8. The number of amides is 2. The van der Waals surface area contributed by atoms with E-state index in [-0.39, 0.29) is 23.4 Å². The van der Waals surface area contributed by atoms with Gasteiger partial charge in [-0.1, -0.05) is 30.3 Å². The normalized spacial score (nSPS) is 32.2. The maximum Gasteiger partial charge on any atom is 0.318 e. The summed E-state index contributed by atoms with van der Waals surface area (Å²) >= 11 is 0. The topological polar surface area (TPSA) is 48.1 Å². The number of nitrogens with zero attached hydrogens (tertiary/aromatic N) is 1. The number of urea groups is 1. The first-order valence-electron chi connectivity index (χ1n) is 12.5. The average molecular weight is 444 g/mol. The maximum atomic E-state index is 13.9. The molecule has 3 aromatic rings. The van der Waals surface area contributed by atoms with E-state index in [1.54, 1.807) is 0 Å². The number of hydrogen-bond acceptors (Lipinski definition) is 1. The molecule has 0 spiro atoms. The van der Waals surface area contributed by atoms with Crippen LogP contribution in [0.5, 0.6) is 0 Å². The van der Waals surface area contributed by atoms with Crippen LogP contribution < -0.4 is 5.32 Å². The van der Waals surface area contributed by atoms with Gasteiger partial charge in [-0.3, -0.25) is 0 Å². The van der Waals surface area contributed by atoms with Gasteiger partial charge >= 0.3 is 6.03 Å². The molecular weight excluding hydrogens is 413 g/mol. The zero-order chi connectivity index (χ0) is 22.2. The molecule has 2 N–H and O–H groups in total. The molecule has 33 heavy (non-hydrogen) atoms. The summed E-state index contributed by atoms with van der Waals surface area (Å²) in [7, 11) is 0. The van der Waals surface area contributed by atoms with Crippen LogP contribution >= 0.6 is 0 Å². The smallest absolute Gasteiger partial charge is 0.318 e. The predicted octanol–water partition coefficient (Wildman–Crippen LogP) is 5.93. The van der Waals surface area contributed by atoms with E-state index in [4.69, 9.17) is 0 Å². The molecule has 1 aliphatic heterocycles. The monoisotopic (exact) mass is 443 g/mol. The molecule has 4 fully saturated rings. The minimum atomic E-state index is -0.254. The lowest BCUT2D eigenvalue weighted by Gasteiger charge is -2.57. The number of carbonyl (C=O) groups is 1. The van der Waals surface area contributed by atoms with Crippen molar-refractivity contribution in [1.82, 2.24) is 15.2 Å². The predicted molar refractivity (Wildman–Crippen MR) is 126 cm³/mol. The number of para-hydroxylation sites is 1. The van der Waals surface area contributed by atoms with Gasteiger partial charge in [0, 0.05) is 28.7 Å². The van der Waals surface area contributed by atoms with E-state index in [0.717, 1.165) is 60.2 Å². The Balaban J connectivity index is 1.26. The number of benzene rings is 2. The highest BCUT2D eigenvalue weighted by Crippen LogP contribution is 2.55. The molecule has 4 saturated carbocycles. The number of nitrogens with one attached hydrogen (secondary N) is 2. The maximum absolute atomic E-state index is 13.9. The molecule has 170 valence electrons. The number of aromatic nitrogens is 1. The third kappa shape index (κ3) is 3.12. The molecule has 5 heteroatoms. The number of rotatable bonds is 2. The summed E-state index contributed by atoms with van der Waals surface area (Å²) in [5, 5.41) is 4.79. The fourth-order valence-corrected chi connectivity index (χ4v) is 8.01. The quantitative estimate of drug-likeness (QED) is 0.506. The summed E-state index contributed by atoms with van der Waals surface area (Å²) in [6, 6.07) is 14.8. The third-order valence-electron chi connectivity index (χ3n) is 8.89. The van der Waals surface area contributed by atoms with Crippen LogP contribution in [0.2, 0.25) is 0 Å². The van der Waals surface area contributed by atoms with Gasteiger partial charge < -0.3 is 15.2 Å². The number of aromatic amines is 1. The molecule has 5 aliphatic rings. The van der Waals surface area contributed by atoms with Crippen molar-refractivity contribution in [2.24, 2.45) is 17.8 Å². The van der Waals surface area contributed by atoms with Gasteiger partial charge in [-0.15, -0.1) is 0 Å². The lowest BCUT2D eigenvalue weighted by molar-refractivity contribution is -0.0163. The van der Waals surface area contributed by atoms with Crippen molar-refractivity contribution >= 4 is 16.9 Å². The lowest BCUT2D eigenvalue weighted by Crippen LogP contribution is -2.62.